The fourth-order valence-corrected chi connectivity index (χ4v) is 5.11. The Bertz CT molecular complexity index is 830. The van der Waals surface area contributed by atoms with Gasteiger partial charge in [0.2, 0.25) is 10.0 Å². The molecule has 0 amide bonds. The minimum Gasteiger partial charge on any atom is -0.330 e. The van der Waals surface area contributed by atoms with Crippen LogP contribution in [0.1, 0.15) is 17.0 Å². The number of halogens is 2. The van der Waals surface area contributed by atoms with E-state index >= 15 is 0 Å². The zero-order chi connectivity index (χ0) is 17.3. The summed E-state index contributed by atoms with van der Waals surface area (Å²) < 4.78 is 41.1. The Labute approximate surface area is 154 Å². The van der Waals surface area contributed by atoms with E-state index in [1.807, 2.05) is 30.3 Å². The summed E-state index contributed by atoms with van der Waals surface area (Å²) in [6.07, 6.45) is 0. The van der Waals surface area contributed by atoms with Gasteiger partial charge in [0.15, 0.2) is 0 Å². The van der Waals surface area contributed by atoms with Gasteiger partial charge in [-0.25, -0.2) is 12.8 Å². The second-order valence-electron chi connectivity index (χ2n) is 6.20. The predicted octanol–water partition coefficient (Wildman–Crippen LogP) is 2.92. The normalized spacial score (nSPS) is 21.1. The Kier molecular flexibility index (Phi) is 6.21. The summed E-state index contributed by atoms with van der Waals surface area (Å²) >= 11 is 0. The molecule has 0 aromatic heterocycles. The van der Waals surface area contributed by atoms with E-state index in [2.05, 4.69) is 0 Å². The highest BCUT2D eigenvalue weighted by Crippen LogP contribution is 2.35. The van der Waals surface area contributed by atoms with Crippen molar-refractivity contribution in [2.24, 2.45) is 11.7 Å². The molecule has 1 aliphatic heterocycles. The average Bonchev–Trinajstić information content (AvgIpc) is 3.03. The third-order valence-corrected chi connectivity index (χ3v) is 6.75. The van der Waals surface area contributed by atoms with Crippen LogP contribution >= 0.6 is 12.4 Å². The molecule has 7 heteroatoms. The van der Waals surface area contributed by atoms with Crippen LogP contribution in [0, 0.1) is 18.7 Å². The van der Waals surface area contributed by atoms with Crippen molar-refractivity contribution in [1.82, 2.24) is 4.31 Å². The minimum atomic E-state index is -3.74. The van der Waals surface area contributed by atoms with Gasteiger partial charge >= 0.3 is 0 Å². The fourth-order valence-electron chi connectivity index (χ4n) is 3.35. The van der Waals surface area contributed by atoms with E-state index in [1.54, 1.807) is 0 Å². The summed E-state index contributed by atoms with van der Waals surface area (Å²) in [6.45, 7) is 2.62. The maximum atomic E-state index is 13.8. The van der Waals surface area contributed by atoms with Crippen molar-refractivity contribution in [2.45, 2.75) is 17.7 Å². The fraction of sp³-hybridized carbons (Fsp3) is 0.333. The highest BCUT2D eigenvalue weighted by atomic mass is 35.5. The van der Waals surface area contributed by atoms with Crippen LogP contribution in [0.3, 0.4) is 0 Å². The van der Waals surface area contributed by atoms with Gasteiger partial charge in [-0.15, -0.1) is 12.4 Å². The Balaban J connectivity index is 0.00000225. The third-order valence-electron chi connectivity index (χ3n) is 4.77. The first kappa shape index (κ1) is 19.8. The van der Waals surface area contributed by atoms with Gasteiger partial charge in [0.25, 0.3) is 0 Å². The lowest BCUT2D eigenvalue weighted by molar-refractivity contribution is 0.457. The summed E-state index contributed by atoms with van der Waals surface area (Å²) in [7, 11) is -3.74. The monoisotopic (exact) mass is 384 g/mol. The van der Waals surface area contributed by atoms with E-state index in [1.165, 1.54) is 29.4 Å². The molecule has 1 fully saturated rings. The molecule has 25 heavy (non-hydrogen) atoms. The van der Waals surface area contributed by atoms with Crippen LogP contribution in [0.5, 0.6) is 0 Å². The molecular formula is C18H22ClFN2O2S. The van der Waals surface area contributed by atoms with Crippen molar-refractivity contribution in [2.75, 3.05) is 19.6 Å². The second-order valence-corrected chi connectivity index (χ2v) is 8.10. The summed E-state index contributed by atoms with van der Waals surface area (Å²) in [5.41, 5.74) is 7.12. The number of benzene rings is 2. The summed E-state index contributed by atoms with van der Waals surface area (Å²) in [4.78, 5) is 0.0342. The highest BCUT2D eigenvalue weighted by molar-refractivity contribution is 7.89. The molecule has 2 aromatic rings. The van der Waals surface area contributed by atoms with Crippen molar-refractivity contribution in [3.05, 3.63) is 65.5 Å². The van der Waals surface area contributed by atoms with Crippen molar-refractivity contribution in [3.8, 4) is 0 Å². The maximum Gasteiger partial charge on any atom is 0.243 e. The molecule has 136 valence electrons. The average molecular weight is 385 g/mol. The molecule has 1 saturated heterocycles. The van der Waals surface area contributed by atoms with Gasteiger partial charge in [-0.1, -0.05) is 36.4 Å². The third kappa shape index (κ3) is 3.72. The van der Waals surface area contributed by atoms with E-state index < -0.39 is 15.8 Å². The molecule has 1 aliphatic rings. The molecule has 0 spiro atoms. The SMILES string of the molecule is Cc1c(F)cccc1S(=O)(=O)N1C[C@@H](CN)[C@H](c2ccccc2)C1.Cl. The van der Waals surface area contributed by atoms with Crippen LogP contribution < -0.4 is 5.73 Å². The lowest BCUT2D eigenvalue weighted by atomic mass is 9.89. The first-order valence-corrected chi connectivity index (χ1v) is 9.39. The molecule has 2 aromatic carbocycles. The Morgan fingerprint density at radius 1 is 1.12 bits per heavy atom. The quantitative estimate of drug-likeness (QED) is 0.881. The zero-order valence-corrected chi connectivity index (χ0v) is 15.6. The van der Waals surface area contributed by atoms with Crippen LogP contribution in [0.25, 0.3) is 0 Å². The van der Waals surface area contributed by atoms with Gasteiger partial charge in [0, 0.05) is 24.6 Å². The molecule has 4 nitrogen and oxygen atoms in total. The molecule has 0 bridgehead atoms. The van der Waals surface area contributed by atoms with Gasteiger partial charge in [-0.05, 0) is 37.1 Å². The smallest absolute Gasteiger partial charge is 0.243 e. The van der Waals surface area contributed by atoms with E-state index in [0.29, 0.717) is 19.6 Å². The number of hydrogen-bond donors (Lipinski definition) is 1. The number of hydrogen-bond acceptors (Lipinski definition) is 3. The number of rotatable bonds is 4. The van der Waals surface area contributed by atoms with Crippen molar-refractivity contribution < 1.29 is 12.8 Å². The zero-order valence-electron chi connectivity index (χ0n) is 13.9. The van der Waals surface area contributed by atoms with Gasteiger partial charge in [-0.3, -0.25) is 0 Å². The number of sulfonamides is 1. The second kappa shape index (κ2) is 7.83. The van der Waals surface area contributed by atoms with Crippen LogP contribution in [-0.2, 0) is 10.0 Å². The largest absolute Gasteiger partial charge is 0.330 e. The van der Waals surface area contributed by atoms with Crippen molar-refractivity contribution in [3.63, 3.8) is 0 Å². The van der Waals surface area contributed by atoms with Crippen LogP contribution in [-0.4, -0.2) is 32.4 Å². The Hall–Kier alpha value is -1.47. The maximum absolute atomic E-state index is 13.8. The van der Waals surface area contributed by atoms with Crippen molar-refractivity contribution >= 4 is 22.4 Å². The molecular weight excluding hydrogens is 363 g/mol. The van der Waals surface area contributed by atoms with Crippen LogP contribution in [0.2, 0.25) is 0 Å². The number of nitrogens with two attached hydrogens (primary N) is 1. The van der Waals surface area contributed by atoms with Gasteiger partial charge in [-0.2, -0.15) is 4.31 Å². The molecule has 3 rings (SSSR count). The Morgan fingerprint density at radius 2 is 1.80 bits per heavy atom. The first-order chi connectivity index (χ1) is 11.4. The lowest BCUT2D eigenvalue weighted by Gasteiger charge is -2.18. The van der Waals surface area contributed by atoms with Crippen LogP contribution in [0.15, 0.2) is 53.4 Å². The minimum absolute atomic E-state index is 0. The molecule has 1 heterocycles. The molecule has 0 saturated carbocycles. The summed E-state index contributed by atoms with van der Waals surface area (Å²) in [5.74, 6) is -0.402. The lowest BCUT2D eigenvalue weighted by Crippen LogP contribution is -2.30. The van der Waals surface area contributed by atoms with Gasteiger partial charge in [0.05, 0.1) is 4.90 Å². The van der Waals surface area contributed by atoms with Gasteiger partial charge < -0.3 is 5.73 Å². The van der Waals surface area contributed by atoms with Crippen LogP contribution in [0.4, 0.5) is 4.39 Å². The standard InChI is InChI=1S/C18H21FN2O2S.ClH/c1-13-17(19)8-5-9-18(13)24(22,23)21-11-15(10-20)16(12-21)14-6-3-2-4-7-14;/h2-9,15-16H,10-12,20H2,1H3;1H/t15-,16+;/m1./s1. The topological polar surface area (TPSA) is 63.4 Å². The molecule has 0 radical (unpaired) electrons. The Morgan fingerprint density at radius 3 is 2.44 bits per heavy atom. The number of nitrogens with zero attached hydrogens (tertiary/aromatic N) is 1. The van der Waals surface area contributed by atoms with E-state index in [4.69, 9.17) is 5.73 Å². The van der Waals surface area contributed by atoms with Gasteiger partial charge in [0.1, 0.15) is 5.82 Å². The van der Waals surface area contributed by atoms with E-state index in [9.17, 15) is 12.8 Å². The van der Waals surface area contributed by atoms with Crippen molar-refractivity contribution in [1.29, 1.82) is 0 Å². The molecule has 2 N–H and O–H groups in total. The molecule has 2 atom stereocenters. The highest BCUT2D eigenvalue weighted by Gasteiger charge is 2.39. The predicted molar refractivity (Wildman–Crippen MR) is 98.9 cm³/mol. The van der Waals surface area contributed by atoms with E-state index in [0.717, 1.165) is 5.56 Å². The molecule has 0 aliphatic carbocycles. The first-order valence-electron chi connectivity index (χ1n) is 7.95. The van der Waals surface area contributed by atoms with E-state index in [-0.39, 0.29) is 34.7 Å². The summed E-state index contributed by atoms with van der Waals surface area (Å²) in [5, 5.41) is 0. The molecule has 0 unspecified atom stereocenters. The summed E-state index contributed by atoms with van der Waals surface area (Å²) in [6, 6.07) is 14.0.